The Bertz CT molecular complexity index is 289. The molecule has 0 radical (unpaired) electrons. The third-order valence-electron chi connectivity index (χ3n) is 2.23. The lowest BCUT2D eigenvalue weighted by atomic mass is 9.93. The van der Waals surface area contributed by atoms with Gasteiger partial charge in [-0.05, 0) is 17.0 Å². The van der Waals surface area contributed by atoms with Crippen LogP contribution in [0.5, 0.6) is 0 Å². The van der Waals surface area contributed by atoms with E-state index in [0.717, 1.165) is 0 Å². The van der Waals surface area contributed by atoms with E-state index in [1.807, 2.05) is 6.07 Å². The van der Waals surface area contributed by atoms with Crippen LogP contribution in [0.1, 0.15) is 36.9 Å². The monoisotopic (exact) mass is 175 g/mol. The van der Waals surface area contributed by atoms with Crippen molar-refractivity contribution in [2.24, 2.45) is 5.73 Å². The van der Waals surface area contributed by atoms with Crippen molar-refractivity contribution in [1.29, 1.82) is 0 Å². The first kappa shape index (κ1) is 10.0. The minimum atomic E-state index is -0.0430. The fourth-order valence-corrected chi connectivity index (χ4v) is 1.47. The summed E-state index contributed by atoms with van der Waals surface area (Å²) in [6, 6.07) is 8.23. The van der Waals surface area contributed by atoms with Crippen LogP contribution in [-0.4, -0.2) is 0 Å². The van der Waals surface area contributed by atoms with Crippen molar-refractivity contribution in [1.82, 2.24) is 0 Å². The van der Waals surface area contributed by atoms with E-state index in [2.05, 4.69) is 38.6 Å². The number of nitrogens with two attached hydrogens (primary N) is 1. The Morgan fingerprint density at radius 1 is 1.23 bits per heavy atom. The number of benzene rings is 1. The molecule has 1 rings (SSSR count). The largest absolute Gasteiger partial charge is 0.321 e. The molecule has 0 aliphatic heterocycles. The summed E-state index contributed by atoms with van der Waals surface area (Å²) in [5.41, 5.74) is 8.42. The number of hydrogen-bond donors (Lipinski definition) is 1. The smallest absolute Gasteiger partial charge is 0.0481 e. The van der Waals surface area contributed by atoms with E-state index in [4.69, 9.17) is 5.73 Å². The Kier molecular flexibility index (Phi) is 3.26. The zero-order valence-electron chi connectivity index (χ0n) is 8.33. The van der Waals surface area contributed by atoms with E-state index in [1.165, 1.54) is 11.1 Å². The van der Waals surface area contributed by atoms with Gasteiger partial charge in [0.15, 0.2) is 0 Å². The second-order valence-corrected chi connectivity index (χ2v) is 3.55. The first-order valence-electron chi connectivity index (χ1n) is 4.63. The van der Waals surface area contributed by atoms with Crippen LogP contribution in [0.25, 0.3) is 0 Å². The number of hydrogen-bond acceptors (Lipinski definition) is 1. The van der Waals surface area contributed by atoms with Crippen molar-refractivity contribution in [2.75, 3.05) is 0 Å². The fourth-order valence-electron chi connectivity index (χ4n) is 1.47. The normalized spacial score (nSPS) is 12.9. The van der Waals surface area contributed by atoms with Crippen molar-refractivity contribution in [3.63, 3.8) is 0 Å². The van der Waals surface area contributed by atoms with Gasteiger partial charge < -0.3 is 5.73 Å². The molecule has 0 amide bonds. The molecule has 0 fully saturated rings. The van der Waals surface area contributed by atoms with E-state index >= 15 is 0 Å². The average molecular weight is 175 g/mol. The summed E-state index contributed by atoms with van der Waals surface area (Å²) < 4.78 is 0. The molecule has 0 aliphatic carbocycles. The van der Waals surface area contributed by atoms with E-state index in [1.54, 1.807) is 6.08 Å². The van der Waals surface area contributed by atoms with Gasteiger partial charge in [-0.15, -0.1) is 6.58 Å². The van der Waals surface area contributed by atoms with Crippen LogP contribution in [-0.2, 0) is 0 Å². The lowest BCUT2D eigenvalue weighted by molar-refractivity contribution is 0.809. The van der Waals surface area contributed by atoms with Gasteiger partial charge in [-0.1, -0.05) is 44.2 Å². The van der Waals surface area contributed by atoms with E-state index < -0.39 is 0 Å². The van der Waals surface area contributed by atoms with Crippen LogP contribution in [0.4, 0.5) is 0 Å². The van der Waals surface area contributed by atoms with Gasteiger partial charge in [-0.25, -0.2) is 0 Å². The summed E-state index contributed by atoms with van der Waals surface area (Å²) in [5.74, 6) is 0.516. The van der Waals surface area contributed by atoms with Gasteiger partial charge in [0.2, 0.25) is 0 Å². The molecule has 1 unspecified atom stereocenters. The molecule has 1 aromatic carbocycles. The summed E-state index contributed by atoms with van der Waals surface area (Å²) >= 11 is 0. The Labute approximate surface area is 80.3 Å². The summed E-state index contributed by atoms with van der Waals surface area (Å²) in [6.45, 7) is 8.06. The predicted octanol–water partition coefficient (Wildman–Crippen LogP) is 3.00. The van der Waals surface area contributed by atoms with Crippen molar-refractivity contribution >= 4 is 0 Å². The SMILES string of the molecule is C=CC(N)c1ccccc1C(C)C. The van der Waals surface area contributed by atoms with Crippen LogP contribution >= 0.6 is 0 Å². The van der Waals surface area contributed by atoms with Gasteiger partial charge in [0.25, 0.3) is 0 Å². The molecule has 0 aliphatic rings. The molecule has 1 heteroatoms. The second kappa shape index (κ2) is 4.24. The van der Waals surface area contributed by atoms with E-state index in [-0.39, 0.29) is 6.04 Å². The first-order chi connectivity index (χ1) is 6.16. The molecule has 1 atom stereocenters. The highest BCUT2D eigenvalue weighted by Crippen LogP contribution is 2.23. The molecule has 1 aromatic rings. The zero-order valence-corrected chi connectivity index (χ0v) is 8.33. The highest BCUT2D eigenvalue weighted by atomic mass is 14.6. The van der Waals surface area contributed by atoms with Crippen molar-refractivity contribution in [3.8, 4) is 0 Å². The van der Waals surface area contributed by atoms with Gasteiger partial charge >= 0.3 is 0 Å². The minimum Gasteiger partial charge on any atom is -0.321 e. The van der Waals surface area contributed by atoms with Crippen LogP contribution < -0.4 is 5.73 Å². The molecular weight excluding hydrogens is 158 g/mol. The standard InChI is InChI=1S/C12H17N/c1-4-12(13)11-8-6-5-7-10(11)9(2)3/h4-9,12H,1,13H2,2-3H3. The van der Waals surface area contributed by atoms with Crippen LogP contribution in [0, 0.1) is 0 Å². The molecule has 0 spiro atoms. The maximum absolute atomic E-state index is 5.91. The quantitative estimate of drug-likeness (QED) is 0.702. The number of rotatable bonds is 3. The zero-order chi connectivity index (χ0) is 9.84. The van der Waals surface area contributed by atoms with Crippen molar-refractivity contribution < 1.29 is 0 Å². The fraction of sp³-hybridized carbons (Fsp3) is 0.333. The summed E-state index contributed by atoms with van der Waals surface area (Å²) in [5, 5.41) is 0. The Morgan fingerprint density at radius 2 is 1.77 bits per heavy atom. The lowest BCUT2D eigenvalue weighted by Crippen LogP contribution is -2.10. The van der Waals surface area contributed by atoms with E-state index in [9.17, 15) is 0 Å². The van der Waals surface area contributed by atoms with Crippen LogP contribution in [0.2, 0.25) is 0 Å². The molecule has 13 heavy (non-hydrogen) atoms. The molecule has 2 N–H and O–H groups in total. The van der Waals surface area contributed by atoms with Crippen LogP contribution in [0.3, 0.4) is 0 Å². The molecule has 0 saturated carbocycles. The highest BCUT2D eigenvalue weighted by molar-refractivity contribution is 5.33. The van der Waals surface area contributed by atoms with E-state index in [0.29, 0.717) is 5.92 Å². The molecule has 0 aromatic heterocycles. The topological polar surface area (TPSA) is 26.0 Å². The average Bonchev–Trinajstić information content (AvgIpc) is 2.16. The Morgan fingerprint density at radius 3 is 2.23 bits per heavy atom. The highest BCUT2D eigenvalue weighted by Gasteiger charge is 2.09. The molecule has 0 saturated heterocycles. The summed E-state index contributed by atoms with van der Waals surface area (Å²) in [6.07, 6.45) is 1.78. The van der Waals surface area contributed by atoms with Gasteiger partial charge in [-0.3, -0.25) is 0 Å². The lowest BCUT2D eigenvalue weighted by Gasteiger charge is -2.15. The third-order valence-corrected chi connectivity index (χ3v) is 2.23. The van der Waals surface area contributed by atoms with Gasteiger partial charge in [-0.2, -0.15) is 0 Å². The Balaban J connectivity index is 3.11. The molecule has 0 heterocycles. The first-order valence-corrected chi connectivity index (χ1v) is 4.63. The maximum atomic E-state index is 5.91. The minimum absolute atomic E-state index is 0.0430. The maximum Gasteiger partial charge on any atom is 0.0481 e. The molecule has 70 valence electrons. The molecule has 1 nitrogen and oxygen atoms in total. The predicted molar refractivity (Wildman–Crippen MR) is 57.7 cm³/mol. The summed E-state index contributed by atoms with van der Waals surface area (Å²) in [7, 11) is 0. The van der Waals surface area contributed by atoms with Gasteiger partial charge in [0.05, 0.1) is 0 Å². The second-order valence-electron chi connectivity index (χ2n) is 3.55. The Hall–Kier alpha value is -1.08. The third kappa shape index (κ3) is 2.19. The van der Waals surface area contributed by atoms with Gasteiger partial charge in [0.1, 0.15) is 0 Å². The van der Waals surface area contributed by atoms with Crippen molar-refractivity contribution in [3.05, 3.63) is 48.0 Å². The van der Waals surface area contributed by atoms with Crippen LogP contribution in [0.15, 0.2) is 36.9 Å². The molecular formula is C12H17N. The van der Waals surface area contributed by atoms with Gasteiger partial charge in [0, 0.05) is 6.04 Å². The summed E-state index contributed by atoms with van der Waals surface area (Å²) in [4.78, 5) is 0. The molecule has 0 bridgehead atoms. The van der Waals surface area contributed by atoms with Crippen molar-refractivity contribution in [2.45, 2.75) is 25.8 Å².